The van der Waals surface area contributed by atoms with Gasteiger partial charge < -0.3 is 10.4 Å². The number of nitrogens with one attached hydrogen (secondary N) is 2. The van der Waals surface area contributed by atoms with E-state index in [9.17, 15) is 18.3 Å². The van der Waals surface area contributed by atoms with Crippen molar-refractivity contribution in [1.82, 2.24) is 4.98 Å². The molecule has 5 rings (SSSR count). The van der Waals surface area contributed by atoms with Crippen LogP contribution < -0.4 is 10.0 Å². The van der Waals surface area contributed by atoms with Crippen LogP contribution >= 0.6 is 0 Å². The number of anilines is 2. The molecule has 7 nitrogen and oxygen atoms in total. The fraction of sp³-hybridized carbons (Fsp3) is 0.0833. The van der Waals surface area contributed by atoms with Crippen molar-refractivity contribution in [3.8, 4) is 0 Å². The van der Waals surface area contributed by atoms with E-state index in [1.807, 2.05) is 0 Å². The molecule has 8 heteroatoms. The van der Waals surface area contributed by atoms with E-state index in [4.69, 9.17) is 0 Å². The number of hydrogen-bond acceptors (Lipinski definition) is 5. The van der Waals surface area contributed by atoms with E-state index in [2.05, 4.69) is 15.0 Å². The molecule has 4 aromatic rings. The molecular formula is C24H19N3O4S. The van der Waals surface area contributed by atoms with Gasteiger partial charge in [0.15, 0.2) is 0 Å². The highest BCUT2D eigenvalue weighted by atomic mass is 32.2. The smallest absolute Gasteiger partial charge is 0.262 e. The molecule has 1 aromatic heterocycles. The van der Waals surface area contributed by atoms with Gasteiger partial charge in [0.05, 0.1) is 16.3 Å². The topological polar surface area (TPSA) is 108 Å². The number of carbonyl (C=O) groups is 1. The molecule has 160 valence electrons. The summed E-state index contributed by atoms with van der Waals surface area (Å²) in [7, 11) is -3.98. The molecule has 3 aromatic carbocycles. The molecule has 0 radical (unpaired) electrons. The molecule has 0 fully saturated rings. The van der Waals surface area contributed by atoms with Crippen LogP contribution in [0.4, 0.5) is 11.4 Å². The van der Waals surface area contributed by atoms with E-state index in [1.54, 1.807) is 73.8 Å². The van der Waals surface area contributed by atoms with Gasteiger partial charge in [-0.25, -0.2) is 8.42 Å². The Morgan fingerprint density at radius 2 is 1.88 bits per heavy atom. The molecule has 1 atom stereocenters. The second-order valence-electron chi connectivity index (χ2n) is 7.63. The second-order valence-corrected chi connectivity index (χ2v) is 9.28. The van der Waals surface area contributed by atoms with E-state index in [0.29, 0.717) is 44.5 Å². The average Bonchev–Trinajstić information content (AvgIpc) is 3.12. The first-order valence-electron chi connectivity index (χ1n) is 9.94. The predicted molar refractivity (Wildman–Crippen MR) is 122 cm³/mol. The second kappa shape index (κ2) is 7.44. The van der Waals surface area contributed by atoms with Gasteiger partial charge in [-0.2, -0.15) is 0 Å². The summed E-state index contributed by atoms with van der Waals surface area (Å²) in [6.45, 7) is 1.78. The molecule has 1 unspecified atom stereocenters. The molecule has 3 N–H and O–H groups in total. The summed E-state index contributed by atoms with van der Waals surface area (Å²) < 4.78 is 29.4. The van der Waals surface area contributed by atoms with Crippen molar-refractivity contribution in [3.05, 3.63) is 95.3 Å². The molecule has 0 saturated carbocycles. The number of aliphatic hydroxyl groups is 1. The zero-order valence-electron chi connectivity index (χ0n) is 17.0. The number of aromatic nitrogens is 1. The van der Waals surface area contributed by atoms with Gasteiger partial charge >= 0.3 is 0 Å². The number of aryl methyl sites for hydroxylation is 1. The van der Waals surface area contributed by atoms with Crippen LogP contribution in [0.5, 0.6) is 0 Å². The number of benzene rings is 3. The van der Waals surface area contributed by atoms with Crippen LogP contribution in [0.3, 0.4) is 0 Å². The van der Waals surface area contributed by atoms with Crippen LogP contribution in [-0.2, 0) is 10.0 Å². The lowest BCUT2D eigenvalue weighted by molar-refractivity contribution is 0.103. The Hall–Kier alpha value is -3.75. The lowest BCUT2D eigenvalue weighted by Gasteiger charge is -2.16. The molecule has 0 spiro atoms. The van der Waals surface area contributed by atoms with E-state index in [1.165, 1.54) is 6.07 Å². The minimum absolute atomic E-state index is 0.0738. The maximum Gasteiger partial charge on any atom is 0.262 e. The van der Waals surface area contributed by atoms with Crippen molar-refractivity contribution in [2.45, 2.75) is 17.9 Å². The maximum atomic E-state index is 13.4. The van der Waals surface area contributed by atoms with Gasteiger partial charge in [-0.1, -0.05) is 30.3 Å². The van der Waals surface area contributed by atoms with Crippen molar-refractivity contribution in [3.63, 3.8) is 0 Å². The fourth-order valence-electron chi connectivity index (χ4n) is 3.93. The summed E-state index contributed by atoms with van der Waals surface area (Å²) in [5.74, 6) is -0.250. The van der Waals surface area contributed by atoms with Crippen LogP contribution in [0.1, 0.15) is 33.3 Å². The lowest BCUT2D eigenvalue weighted by atomic mass is 10.0. The summed E-state index contributed by atoms with van der Waals surface area (Å²) in [4.78, 5) is 16.4. The van der Waals surface area contributed by atoms with Crippen LogP contribution in [0.15, 0.2) is 77.8 Å². The number of aliphatic hydroxyl groups excluding tert-OH is 1. The van der Waals surface area contributed by atoms with Gasteiger partial charge in [0.25, 0.3) is 15.9 Å². The van der Waals surface area contributed by atoms with E-state index in [-0.39, 0.29) is 10.8 Å². The maximum absolute atomic E-state index is 13.4. The Morgan fingerprint density at radius 1 is 1.03 bits per heavy atom. The van der Waals surface area contributed by atoms with E-state index in [0.717, 1.165) is 0 Å². The first-order chi connectivity index (χ1) is 15.3. The third kappa shape index (κ3) is 3.30. The lowest BCUT2D eigenvalue weighted by Crippen LogP contribution is -2.15. The molecule has 1 aliphatic rings. The molecule has 1 aliphatic heterocycles. The number of rotatable bonds is 5. The van der Waals surface area contributed by atoms with Crippen LogP contribution in [0.25, 0.3) is 10.8 Å². The van der Waals surface area contributed by atoms with Gasteiger partial charge in [0.2, 0.25) is 0 Å². The van der Waals surface area contributed by atoms with E-state index >= 15 is 0 Å². The van der Waals surface area contributed by atoms with E-state index < -0.39 is 16.1 Å². The molecule has 0 saturated heterocycles. The third-order valence-corrected chi connectivity index (χ3v) is 7.00. The van der Waals surface area contributed by atoms with Crippen molar-refractivity contribution in [2.75, 3.05) is 10.0 Å². The average molecular weight is 446 g/mol. The SMILES string of the molecule is Cc1ccc(C(O)c2ccccn2)cc1NS(=O)(=O)c1ccc2c3c(cccc13)C(=O)N2. The number of nitrogens with zero attached hydrogens (tertiary/aromatic N) is 1. The summed E-state index contributed by atoms with van der Waals surface area (Å²) in [6, 6.07) is 18.4. The van der Waals surface area contributed by atoms with Crippen molar-refractivity contribution in [1.29, 1.82) is 0 Å². The molecule has 1 amide bonds. The molecule has 2 heterocycles. The number of hydrogen-bond donors (Lipinski definition) is 3. The van der Waals surface area contributed by atoms with Crippen molar-refractivity contribution >= 4 is 38.1 Å². The van der Waals surface area contributed by atoms with Gasteiger partial charge in [0, 0.05) is 28.2 Å². The Morgan fingerprint density at radius 3 is 2.66 bits per heavy atom. The minimum Gasteiger partial charge on any atom is -0.382 e. The standard InChI is InChI=1S/C24H19N3O4S/c1-14-8-9-15(23(28)19-7-2-3-12-25-19)13-20(14)27-32(30,31)21-11-10-18-22-16(21)5-4-6-17(22)24(29)26-18/h2-13,23,27-28H,1H3,(H,26,29). The summed E-state index contributed by atoms with van der Waals surface area (Å²) in [5.41, 5.74) is 3.09. The largest absolute Gasteiger partial charge is 0.382 e. The summed E-state index contributed by atoms with van der Waals surface area (Å²) in [6.07, 6.45) is 0.597. The number of sulfonamides is 1. The van der Waals surface area contributed by atoms with Gasteiger partial charge in [-0.15, -0.1) is 0 Å². The number of carbonyl (C=O) groups excluding carboxylic acids is 1. The molecular weight excluding hydrogens is 426 g/mol. The predicted octanol–water partition coefficient (Wildman–Crippen LogP) is 3.99. The zero-order chi connectivity index (χ0) is 22.5. The van der Waals surface area contributed by atoms with Crippen LogP contribution in [-0.4, -0.2) is 24.4 Å². The van der Waals surface area contributed by atoms with Gasteiger partial charge in [-0.05, 0) is 54.4 Å². The van der Waals surface area contributed by atoms with Gasteiger partial charge in [0.1, 0.15) is 6.10 Å². The first-order valence-corrected chi connectivity index (χ1v) is 11.4. The Balaban J connectivity index is 1.55. The van der Waals surface area contributed by atoms with Gasteiger partial charge in [-0.3, -0.25) is 14.5 Å². The molecule has 0 aliphatic carbocycles. The Labute approximate surface area is 184 Å². The highest BCUT2D eigenvalue weighted by Crippen LogP contribution is 2.37. The summed E-state index contributed by atoms with van der Waals surface area (Å²) in [5, 5.41) is 14.5. The molecule has 0 bridgehead atoms. The third-order valence-electron chi connectivity index (χ3n) is 5.57. The molecule has 32 heavy (non-hydrogen) atoms. The van der Waals surface area contributed by atoms with Crippen molar-refractivity contribution < 1.29 is 18.3 Å². The van der Waals surface area contributed by atoms with Crippen LogP contribution in [0, 0.1) is 6.92 Å². The highest BCUT2D eigenvalue weighted by molar-refractivity contribution is 7.93. The highest BCUT2D eigenvalue weighted by Gasteiger charge is 2.26. The zero-order valence-corrected chi connectivity index (χ0v) is 17.8. The Kier molecular flexibility index (Phi) is 4.69. The quantitative estimate of drug-likeness (QED) is 0.430. The number of pyridine rings is 1. The summed E-state index contributed by atoms with van der Waals surface area (Å²) >= 11 is 0. The first kappa shape index (κ1) is 20.2. The monoisotopic (exact) mass is 445 g/mol. The fourth-order valence-corrected chi connectivity index (χ4v) is 5.25. The minimum atomic E-state index is -3.98. The van der Waals surface area contributed by atoms with Crippen LogP contribution in [0.2, 0.25) is 0 Å². The Bertz CT molecular complexity index is 1480. The van der Waals surface area contributed by atoms with Crippen molar-refractivity contribution in [2.24, 2.45) is 0 Å². The number of amides is 1. The normalized spacial score (nSPS) is 13.8.